The van der Waals surface area contributed by atoms with Gasteiger partial charge in [-0.05, 0) is 44.0 Å². The molecular formula is C16H22N2O2. The molecule has 0 aliphatic carbocycles. The smallest absolute Gasteiger partial charge is 0.253 e. The Hall–Kier alpha value is -1.68. The number of Topliss-reactive ketones (excluding diaryl/α,β-unsaturated/α-hetero) is 1. The van der Waals surface area contributed by atoms with E-state index in [1.807, 2.05) is 36.9 Å². The zero-order chi connectivity index (χ0) is 14.7. The number of carbonyl (C=O) groups excluding carboxylic acids is 2. The van der Waals surface area contributed by atoms with Crippen LogP contribution in [0.2, 0.25) is 0 Å². The molecule has 0 bridgehead atoms. The minimum Gasteiger partial charge on any atom is -0.336 e. The number of carbonyl (C=O) groups is 2. The van der Waals surface area contributed by atoms with E-state index in [4.69, 9.17) is 0 Å². The van der Waals surface area contributed by atoms with Crippen molar-refractivity contribution in [3.8, 4) is 0 Å². The summed E-state index contributed by atoms with van der Waals surface area (Å²) in [5.74, 6) is 0.273. The molecular weight excluding hydrogens is 252 g/mol. The van der Waals surface area contributed by atoms with Gasteiger partial charge in [0, 0.05) is 31.7 Å². The van der Waals surface area contributed by atoms with Crippen LogP contribution in [0.1, 0.15) is 28.4 Å². The Morgan fingerprint density at radius 2 is 1.70 bits per heavy atom. The van der Waals surface area contributed by atoms with Crippen LogP contribution in [0.25, 0.3) is 0 Å². The molecule has 0 atom stereocenters. The van der Waals surface area contributed by atoms with Crippen molar-refractivity contribution in [2.75, 3.05) is 32.7 Å². The molecule has 4 heteroatoms. The summed E-state index contributed by atoms with van der Waals surface area (Å²) >= 11 is 0. The van der Waals surface area contributed by atoms with E-state index in [-0.39, 0.29) is 11.7 Å². The first-order valence-electron chi connectivity index (χ1n) is 7.05. The normalized spacial score (nSPS) is 16.2. The van der Waals surface area contributed by atoms with Gasteiger partial charge in [-0.1, -0.05) is 6.07 Å². The fourth-order valence-electron chi connectivity index (χ4n) is 2.48. The number of benzene rings is 1. The second kappa shape index (κ2) is 6.18. The van der Waals surface area contributed by atoms with E-state index in [2.05, 4.69) is 4.90 Å². The summed E-state index contributed by atoms with van der Waals surface area (Å²) in [6.07, 6.45) is 0. The Morgan fingerprint density at radius 3 is 2.25 bits per heavy atom. The summed E-state index contributed by atoms with van der Waals surface area (Å²) < 4.78 is 0. The monoisotopic (exact) mass is 274 g/mol. The molecule has 1 heterocycles. The summed E-state index contributed by atoms with van der Waals surface area (Å²) in [4.78, 5) is 27.5. The lowest BCUT2D eigenvalue weighted by molar-refractivity contribution is -0.118. The highest BCUT2D eigenvalue weighted by atomic mass is 16.2. The number of amides is 1. The van der Waals surface area contributed by atoms with Crippen LogP contribution in [0, 0.1) is 13.8 Å². The van der Waals surface area contributed by atoms with E-state index in [0.29, 0.717) is 19.6 Å². The maximum atomic E-state index is 12.4. The van der Waals surface area contributed by atoms with Crippen LogP contribution in [-0.2, 0) is 4.79 Å². The van der Waals surface area contributed by atoms with Crippen molar-refractivity contribution in [1.82, 2.24) is 9.80 Å². The van der Waals surface area contributed by atoms with Gasteiger partial charge in [-0.2, -0.15) is 0 Å². The second-order valence-corrected chi connectivity index (χ2v) is 5.57. The molecule has 1 saturated heterocycles. The summed E-state index contributed by atoms with van der Waals surface area (Å²) in [7, 11) is 0. The molecule has 108 valence electrons. The van der Waals surface area contributed by atoms with Gasteiger partial charge in [0.15, 0.2) is 0 Å². The molecule has 0 unspecified atom stereocenters. The Balaban J connectivity index is 1.97. The number of rotatable bonds is 3. The van der Waals surface area contributed by atoms with Gasteiger partial charge in [0.1, 0.15) is 5.78 Å². The van der Waals surface area contributed by atoms with Crippen LogP contribution in [0.4, 0.5) is 0 Å². The van der Waals surface area contributed by atoms with E-state index in [9.17, 15) is 9.59 Å². The van der Waals surface area contributed by atoms with Crippen LogP contribution in [0.3, 0.4) is 0 Å². The van der Waals surface area contributed by atoms with Crippen LogP contribution < -0.4 is 0 Å². The van der Waals surface area contributed by atoms with Crippen LogP contribution in [0.5, 0.6) is 0 Å². The third-order valence-corrected chi connectivity index (χ3v) is 3.86. The molecule has 0 radical (unpaired) electrons. The van der Waals surface area contributed by atoms with E-state index in [0.717, 1.165) is 24.2 Å². The van der Waals surface area contributed by atoms with Crippen molar-refractivity contribution in [2.24, 2.45) is 0 Å². The molecule has 1 aliphatic heterocycles. The Labute approximate surface area is 120 Å². The van der Waals surface area contributed by atoms with Crippen LogP contribution >= 0.6 is 0 Å². The van der Waals surface area contributed by atoms with Gasteiger partial charge < -0.3 is 4.90 Å². The van der Waals surface area contributed by atoms with E-state index in [1.54, 1.807) is 6.92 Å². The minimum atomic E-state index is 0.0931. The van der Waals surface area contributed by atoms with Crippen molar-refractivity contribution in [1.29, 1.82) is 0 Å². The first kappa shape index (κ1) is 14.7. The van der Waals surface area contributed by atoms with Gasteiger partial charge in [0.2, 0.25) is 0 Å². The third kappa shape index (κ3) is 3.45. The van der Waals surface area contributed by atoms with E-state index in [1.165, 1.54) is 5.56 Å². The van der Waals surface area contributed by atoms with Crippen LogP contribution in [-0.4, -0.2) is 54.2 Å². The molecule has 0 saturated carbocycles. The standard InChI is InChI=1S/C16H22N2O2/c1-12-4-5-15(10-13(12)2)16(20)18-8-6-17(7-9-18)11-14(3)19/h4-5,10H,6-9,11H2,1-3H3. The largest absolute Gasteiger partial charge is 0.336 e. The van der Waals surface area contributed by atoms with Gasteiger partial charge in [-0.15, -0.1) is 0 Å². The SMILES string of the molecule is CC(=O)CN1CCN(C(=O)c2ccc(C)c(C)c2)CC1. The van der Waals surface area contributed by atoms with Gasteiger partial charge in [0.05, 0.1) is 6.54 Å². The highest BCUT2D eigenvalue weighted by Crippen LogP contribution is 2.13. The predicted molar refractivity (Wildman–Crippen MR) is 78.9 cm³/mol. The fraction of sp³-hybridized carbons (Fsp3) is 0.500. The maximum Gasteiger partial charge on any atom is 0.253 e. The molecule has 4 nitrogen and oxygen atoms in total. The lowest BCUT2D eigenvalue weighted by Crippen LogP contribution is -2.49. The quantitative estimate of drug-likeness (QED) is 0.841. The maximum absolute atomic E-state index is 12.4. The Morgan fingerprint density at radius 1 is 1.05 bits per heavy atom. The predicted octanol–water partition coefficient (Wildman–Crippen LogP) is 1.65. The summed E-state index contributed by atoms with van der Waals surface area (Å²) in [5, 5.41) is 0. The molecule has 1 amide bonds. The molecule has 1 fully saturated rings. The number of nitrogens with zero attached hydrogens (tertiary/aromatic N) is 2. The van der Waals surface area contributed by atoms with Crippen molar-refractivity contribution >= 4 is 11.7 Å². The summed E-state index contributed by atoms with van der Waals surface area (Å²) in [6, 6.07) is 5.85. The van der Waals surface area contributed by atoms with Gasteiger partial charge >= 0.3 is 0 Å². The Bertz CT molecular complexity index is 517. The third-order valence-electron chi connectivity index (χ3n) is 3.86. The van der Waals surface area contributed by atoms with Crippen molar-refractivity contribution in [2.45, 2.75) is 20.8 Å². The molecule has 0 spiro atoms. The van der Waals surface area contributed by atoms with Crippen molar-refractivity contribution < 1.29 is 9.59 Å². The average molecular weight is 274 g/mol. The van der Waals surface area contributed by atoms with Crippen molar-refractivity contribution in [3.63, 3.8) is 0 Å². The summed E-state index contributed by atoms with van der Waals surface area (Å²) in [5.41, 5.74) is 3.10. The molecule has 1 aromatic rings. The first-order valence-corrected chi connectivity index (χ1v) is 7.05. The molecule has 1 aliphatic rings. The highest BCUT2D eigenvalue weighted by molar-refractivity contribution is 5.94. The van der Waals surface area contributed by atoms with Crippen molar-refractivity contribution in [3.05, 3.63) is 34.9 Å². The number of aryl methyl sites for hydroxylation is 2. The highest BCUT2D eigenvalue weighted by Gasteiger charge is 2.22. The van der Waals surface area contributed by atoms with E-state index < -0.39 is 0 Å². The first-order chi connectivity index (χ1) is 9.47. The minimum absolute atomic E-state index is 0.0931. The molecule has 0 aromatic heterocycles. The lowest BCUT2D eigenvalue weighted by atomic mass is 10.1. The topological polar surface area (TPSA) is 40.6 Å². The number of hydrogen-bond donors (Lipinski definition) is 0. The Kier molecular flexibility index (Phi) is 4.55. The number of ketones is 1. The van der Waals surface area contributed by atoms with E-state index >= 15 is 0 Å². The number of piperazine rings is 1. The zero-order valence-corrected chi connectivity index (χ0v) is 12.5. The number of hydrogen-bond acceptors (Lipinski definition) is 3. The molecule has 2 rings (SSSR count). The van der Waals surface area contributed by atoms with Crippen LogP contribution in [0.15, 0.2) is 18.2 Å². The molecule has 0 N–H and O–H groups in total. The second-order valence-electron chi connectivity index (χ2n) is 5.57. The fourth-order valence-corrected chi connectivity index (χ4v) is 2.48. The molecule has 1 aromatic carbocycles. The zero-order valence-electron chi connectivity index (χ0n) is 12.5. The van der Waals surface area contributed by atoms with Gasteiger partial charge in [-0.25, -0.2) is 0 Å². The molecule has 20 heavy (non-hydrogen) atoms. The van der Waals surface area contributed by atoms with Gasteiger partial charge in [0.25, 0.3) is 5.91 Å². The average Bonchev–Trinajstić information content (AvgIpc) is 2.41. The van der Waals surface area contributed by atoms with Gasteiger partial charge in [-0.3, -0.25) is 14.5 Å². The lowest BCUT2D eigenvalue weighted by Gasteiger charge is -2.34. The summed E-state index contributed by atoms with van der Waals surface area (Å²) in [6.45, 7) is 9.10.